The van der Waals surface area contributed by atoms with Crippen molar-refractivity contribution in [2.75, 3.05) is 5.43 Å². The number of hydrogen-bond acceptors (Lipinski definition) is 4. The van der Waals surface area contributed by atoms with Gasteiger partial charge in [0.2, 0.25) is 5.13 Å². The Morgan fingerprint density at radius 3 is 2.71 bits per heavy atom. The van der Waals surface area contributed by atoms with E-state index in [1.165, 1.54) is 11.3 Å². The second-order valence-electron chi connectivity index (χ2n) is 3.30. The Labute approximate surface area is 117 Å². The molecule has 2 rings (SSSR count). The van der Waals surface area contributed by atoms with Crippen LogP contribution in [0.4, 0.5) is 5.13 Å². The van der Waals surface area contributed by atoms with Gasteiger partial charge in [0.15, 0.2) is 0 Å². The molecule has 0 atom stereocenters. The van der Waals surface area contributed by atoms with Crippen LogP contribution in [0.5, 0.6) is 0 Å². The van der Waals surface area contributed by atoms with E-state index in [1.807, 2.05) is 31.2 Å². The third-order valence-corrected chi connectivity index (χ3v) is 4.15. The van der Waals surface area contributed by atoms with E-state index in [0.29, 0.717) is 0 Å². The van der Waals surface area contributed by atoms with Crippen molar-refractivity contribution < 1.29 is 0 Å². The molecule has 3 nitrogen and oxygen atoms in total. The molecule has 1 aromatic heterocycles. The van der Waals surface area contributed by atoms with Crippen molar-refractivity contribution in [3.63, 3.8) is 0 Å². The van der Waals surface area contributed by atoms with E-state index in [2.05, 4.69) is 31.4 Å². The fraction of sp³-hybridized carbons (Fsp3) is 0.0909. The zero-order valence-electron chi connectivity index (χ0n) is 8.95. The van der Waals surface area contributed by atoms with Crippen LogP contribution in [0, 0.1) is 6.92 Å². The molecule has 17 heavy (non-hydrogen) atoms. The summed E-state index contributed by atoms with van der Waals surface area (Å²) in [5.41, 5.74) is 4.82. The van der Waals surface area contributed by atoms with Crippen molar-refractivity contribution >= 4 is 50.2 Å². The van der Waals surface area contributed by atoms with Gasteiger partial charge in [0.25, 0.3) is 0 Å². The molecule has 6 heteroatoms. The molecule has 0 fully saturated rings. The van der Waals surface area contributed by atoms with E-state index in [1.54, 1.807) is 6.21 Å². The Balaban J connectivity index is 2.00. The van der Waals surface area contributed by atoms with E-state index in [9.17, 15) is 0 Å². The van der Waals surface area contributed by atoms with Gasteiger partial charge in [-0.25, -0.2) is 4.98 Å². The maximum atomic E-state index is 5.79. The Morgan fingerprint density at radius 2 is 2.12 bits per heavy atom. The molecule has 1 aromatic carbocycles. The largest absolute Gasteiger partial charge is 0.253 e. The van der Waals surface area contributed by atoms with E-state index >= 15 is 0 Å². The molecule has 1 N–H and O–H groups in total. The van der Waals surface area contributed by atoms with Gasteiger partial charge in [-0.3, -0.25) is 5.43 Å². The summed E-state index contributed by atoms with van der Waals surface area (Å²) in [5, 5.41) is 5.59. The SMILES string of the molecule is Cc1nc(N/N=C/c2ccc(Cl)cc2)sc1Br. The van der Waals surface area contributed by atoms with Crippen LogP contribution in [0.2, 0.25) is 5.02 Å². The zero-order valence-corrected chi connectivity index (χ0v) is 12.1. The Bertz CT molecular complexity index is 517. The lowest BCUT2D eigenvalue weighted by atomic mass is 10.2. The van der Waals surface area contributed by atoms with Crippen molar-refractivity contribution in [2.24, 2.45) is 5.10 Å². The molecular formula is C11H9BrClN3S. The molecule has 0 amide bonds. The van der Waals surface area contributed by atoms with Crippen LogP contribution in [-0.2, 0) is 0 Å². The topological polar surface area (TPSA) is 37.3 Å². The van der Waals surface area contributed by atoms with Crippen molar-refractivity contribution in [2.45, 2.75) is 6.92 Å². The minimum Gasteiger partial charge on any atom is -0.253 e. The summed E-state index contributed by atoms with van der Waals surface area (Å²) < 4.78 is 1.02. The van der Waals surface area contributed by atoms with Crippen molar-refractivity contribution in [1.29, 1.82) is 0 Å². The average molecular weight is 331 g/mol. The lowest BCUT2D eigenvalue weighted by Crippen LogP contribution is -1.89. The first-order valence-electron chi connectivity index (χ1n) is 4.83. The molecular weight excluding hydrogens is 322 g/mol. The number of thiazole rings is 1. The highest BCUT2D eigenvalue weighted by molar-refractivity contribution is 9.11. The summed E-state index contributed by atoms with van der Waals surface area (Å²) in [4.78, 5) is 4.28. The normalized spacial score (nSPS) is 11.0. The number of nitrogens with zero attached hydrogens (tertiary/aromatic N) is 2. The van der Waals surface area contributed by atoms with Gasteiger partial charge < -0.3 is 0 Å². The molecule has 0 bridgehead atoms. The van der Waals surface area contributed by atoms with E-state index in [-0.39, 0.29) is 0 Å². The highest BCUT2D eigenvalue weighted by atomic mass is 79.9. The lowest BCUT2D eigenvalue weighted by Gasteiger charge is -1.94. The number of nitrogens with one attached hydrogen (secondary N) is 1. The second-order valence-corrected chi connectivity index (χ2v) is 6.05. The molecule has 1 heterocycles. The smallest absolute Gasteiger partial charge is 0.204 e. The van der Waals surface area contributed by atoms with Crippen molar-refractivity contribution in [1.82, 2.24) is 4.98 Å². The summed E-state index contributed by atoms with van der Waals surface area (Å²) in [6, 6.07) is 7.45. The van der Waals surface area contributed by atoms with Crippen LogP contribution < -0.4 is 5.43 Å². The number of anilines is 1. The highest BCUT2D eigenvalue weighted by Crippen LogP contribution is 2.27. The quantitative estimate of drug-likeness (QED) is 0.672. The predicted octanol–water partition coefficient (Wildman–Crippen LogP) is 4.31. The number of hydrogen-bond donors (Lipinski definition) is 1. The minimum absolute atomic E-state index is 0.717. The average Bonchev–Trinajstić information content (AvgIpc) is 2.61. The summed E-state index contributed by atoms with van der Waals surface area (Å²) >= 11 is 10.7. The van der Waals surface area contributed by atoms with E-state index in [4.69, 9.17) is 11.6 Å². The van der Waals surface area contributed by atoms with E-state index in [0.717, 1.165) is 25.2 Å². The molecule has 0 saturated carbocycles. The summed E-state index contributed by atoms with van der Waals surface area (Å²) in [7, 11) is 0. The van der Waals surface area contributed by atoms with E-state index < -0.39 is 0 Å². The molecule has 88 valence electrons. The van der Waals surface area contributed by atoms with Crippen molar-refractivity contribution in [3.8, 4) is 0 Å². The van der Waals surface area contributed by atoms with Gasteiger partial charge in [-0.05, 0) is 40.5 Å². The standard InChI is InChI=1S/C11H9BrClN3S/c1-7-10(12)17-11(15-7)16-14-6-8-2-4-9(13)5-3-8/h2-6H,1H3,(H,15,16)/b14-6+. The Kier molecular flexibility index (Phi) is 4.15. The van der Waals surface area contributed by atoms with Gasteiger partial charge in [-0.15, -0.1) is 0 Å². The number of hydrazone groups is 1. The third kappa shape index (κ3) is 3.52. The zero-order chi connectivity index (χ0) is 12.3. The van der Waals surface area contributed by atoms with Gasteiger partial charge in [0.05, 0.1) is 15.7 Å². The summed E-state index contributed by atoms with van der Waals surface area (Å²) in [6.45, 7) is 1.94. The molecule has 0 radical (unpaired) electrons. The molecule has 0 unspecified atom stereocenters. The monoisotopic (exact) mass is 329 g/mol. The van der Waals surface area contributed by atoms with Gasteiger partial charge >= 0.3 is 0 Å². The lowest BCUT2D eigenvalue weighted by molar-refractivity contribution is 1.21. The molecule has 0 aliphatic heterocycles. The fourth-order valence-corrected chi connectivity index (χ4v) is 2.46. The number of halogens is 2. The third-order valence-electron chi connectivity index (χ3n) is 1.98. The fourth-order valence-electron chi connectivity index (χ4n) is 1.14. The molecule has 0 aliphatic rings. The minimum atomic E-state index is 0.717. The highest BCUT2D eigenvalue weighted by Gasteiger charge is 2.02. The van der Waals surface area contributed by atoms with Crippen LogP contribution in [0.1, 0.15) is 11.3 Å². The van der Waals surface area contributed by atoms with Crippen LogP contribution >= 0.6 is 38.9 Å². The first-order valence-corrected chi connectivity index (χ1v) is 6.81. The molecule has 2 aromatic rings. The molecule has 0 saturated heterocycles. The maximum absolute atomic E-state index is 5.79. The van der Waals surface area contributed by atoms with Crippen molar-refractivity contribution in [3.05, 3.63) is 44.3 Å². The van der Waals surface area contributed by atoms with Crippen LogP contribution in [0.15, 0.2) is 33.2 Å². The number of benzene rings is 1. The predicted molar refractivity (Wildman–Crippen MR) is 77.2 cm³/mol. The van der Waals surface area contributed by atoms with Gasteiger partial charge in [-0.1, -0.05) is 35.1 Å². The number of rotatable bonds is 3. The number of aromatic nitrogens is 1. The first kappa shape index (κ1) is 12.5. The maximum Gasteiger partial charge on any atom is 0.204 e. The Morgan fingerprint density at radius 1 is 1.41 bits per heavy atom. The summed E-state index contributed by atoms with van der Waals surface area (Å²) in [6.07, 6.45) is 1.72. The first-order chi connectivity index (χ1) is 8.15. The Hall–Kier alpha value is -0.910. The van der Waals surface area contributed by atoms with Gasteiger partial charge in [-0.2, -0.15) is 5.10 Å². The molecule has 0 aliphatic carbocycles. The van der Waals surface area contributed by atoms with Gasteiger partial charge in [0.1, 0.15) is 0 Å². The van der Waals surface area contributed by atoms with Crippen LogP contribution in [-0.4, -0.2) is 11.2 Å². The second kappa shape index (κ2) is 5.62. The molecule has 0 spiro atoms. The van der Waals surface area contributed by atoms with Crippen LogP contribution in [0.25, 0.3) is 0 Å². The van der Waals surface area contributed by atoms with Crippen LogP contribution in [0.3, 0.4) is 0 Å². The number of aryl methyl sites for hydroxylation is 1. The van der Waals surface area contributed by atoms with Gasteiger partial charge in [0, 0.05) is 5.02 Å². The summed E-state index contributed by atoms with van der Waals surface area (Å²) in [5.74, 6) is 0.